The third-order valence-electron chi connectivity index (χ3n) is 2.83. The van der Waals surface area contributed by atoms with E-state index < -0.39 is 0 Å². The molecule has 0 aliphatic carbocycles. The molecule has 0 bridgehead atoms. The van der Waals surface area contributed by atoms with Crippen molar-refractivity contribution in [2.75, 3.05) is 6.54 Å². The van der Waals surface area contributed by atoms with Crippen LogP contribution in [0.3, 0.4) is 0 Å². The molecular weight excluding hydrogens is 198 g/mol. The van der Waals surface area contributed by atoms with E-state index >= 15 is 0 Å². The highest BCUT2D eigenvalue weighted by Gasteiger charge is 2.12. The van der Waals surface area contributed by atoms with Gasteiger partial charge in [-0.05, 0) is 47.1 Å². The summed E-state index contributed by atoms with van der Waals surface area (Å²) in [6.45, 7) is 15.1. The van der Waals surface area contributed by atoms with E-state index in [1.54, 1.807) is 0 Å². The number of hydrogen-bond acceptors (Lipinski definition) is 2. The van der Waals surface area contributed by atoms with E-state index in [-0.39, 0.29) is 5.54 Å². The fourth-order valence-corrected chi connectivity index (χ4v) is 1.61. The number of imidazole rings is 1. The van der Waals surface area contributed by atoms with Crippen LogP contribution in [0.1, 0.15) is 39.1 Å². The van der Waals surface area contributed by atoms with E-state index in [2.05, 4.69) is 56.4 Å². The molecule has 0 aromatic carbocycles. The van der Waals surface area contributed by atoms with E-state index in [1.165, 1.54) is 5.69 Å². The van der Waals surface area contributed by atoms with Crippen LogP contribution in [0.2, 0.25) is 0 Å². The second kappa shape index (κ2) is 5.00. The summed E-state index contributed by atoms with van der Waals surface area (Å²) in [5.41, 5.74) is 2.62. The van der Waals surface area contributed by atoms with Crippen molar-refractivity contribution in [3.8, 4) is 0 Å². The predicted octanol–water partition coefficient (Wildman–Crippen LogP) is 2.52. The highest BCUT2D eigenvalue weighted by Crippen LogP contribution is 2.09. The van der Waals surface area contributed by atoms with E-state index in [9.17, 15) is 0 Å². The maximum absolute atomic E-state index is 4.32. The number of aryl methyl sites for hydroxylation is 1. The maximum atomic E-state index is 4.32. The summed E-state index contributed by atoms with van der Waals surface area (Å²) < 4.78 is 2.24. The number of aromatic nitrogens is 2. The van der Waals surface area contributed by atoms with E-state index in [4.69, 9.17) is 0 Å². The molecule has 0 radical (unpaired) electrons. The molecule has 16 heavy (non-hydrogen) atoms. The maximum Gasteiger partial charge on any atom is 0.0951 e. The van der Waals surface area contributed by atoms with Crippen molar-refractivity contribution in [1.82, 2.24) is 14.9 Å². The van der Waals surface area contributed by atoms with Gasteiger partial charge in [0.15, 0.2) is 0 Å². The molecule has 1 heterocycles. The van der Waals surface area contributed by atoms with E-state index in [0.717, 1.165) is 18.8 Å². The van der Waals surface area contributed by atoms with Gasteiger partial charge in [-0.2, -0.15) is 0 Å². The van der Waals surface area contributed by atoms with Crippen LogP contribution in [0.4, 0.5) is 0 Å². The SMILES string of the molecule is Cc1ncn(CC(C)CNC(C)(C)C)c1C. The van der Waals surface area contributed by atoms with Gasteiger partial charge in [-0.1, -0.05) is 6.92 Å². The topological polar surface area (TPSA) is 29.9 Å². The Hall–Kier alpha value is -0.830. The molecule has 1 unspecified atom stereocenters. The lowest BCUT2D eigenvalue weighted by Gasteiger charge is -2.23. The van der Waals surface area contributed by atoms with Crippen LogP contribution in [-0.2, 0) is 6.54 Å². The van der Waals surface area contributed by atoms with Crippen molar-refractivity contribution in [1.29, 1.82) is 0 Å². The summed E-state index contributed by atoms with van der Waals surface area (Å²) in [4.78, 5) is 4.32. The van der Waals surface area contributed by atoms with Crippen molar-refractivity contribution in [2.24, 2.45) is 5.92 Å². The highest BCUT2D eigenvalue weighted by atomic mass is 15.1. The minimum atomic E-state index is 0.203. The second-order valence-electron chi connectivity index (χ2n) is 5.80. The summed E-state index contributed by atoms with van der Waals surface area (Å²) in [5.74, 6) is 0.617. The third kappa shape index (κ3) is 3.97. The quantitative estimate of drug-likeness (QED) is 0.850. The van der Waals surface area contributed by atoms with Crippen LogP contribution in [0.25, 0.3) is 0 Å². The lowest BCUT2D eigenvalue weighted by Crippen LogP contribution is -2.39. The van der Waals surface area contributed by atoms with Crippen molar-refractivity contribution < 1.29 is 0 Å². The number of hydrogen-bond donors (Lipinski definition) is 1. The van der Waals surface area contributed by atoms with Crippen LogP contribution < -0.4 is 5.32 Å². The van der Waals surface area contributed by atoms with Crippen molar-refractivity contribution in [2.45, 2.75) is 53.6 Å². The zero-order valence-corrected chi connectivity index (χ0v) is 11.5. The average molecular weight is 223 g/mol. The monoisotopic (exact) mass is 223 g/mol. The normalized spacial score (nSPS) is 14.1. The van der Waals surface area contributed by atoms with Crippen LogP contribution in [0.15, 0.2) is 6.33 Å². The number of nitrogens with one attached hydrogen (secondary N) is 1. The fourth-order valence-electron chi connectivity index (χ4n) is 1.61. The fraction of sp³-hybridized carbons (Fsp3) is 0.769. The molecule has 1 N–H and O–H groups in total. The first-order valence-electron chi connectivity index (χ1n) is 6.03. The molecule has 0 fully saturated rings. The Morgan fingerprint density at radius 1 is 1.38 bits per heavy atom. The second-order valence-corrected chi connectivity index (χ2v) is 5.80. The molecule has 92 valence electrons. The van der Waals surface area contributed by atoms with Gasteiger partial charge in [-0.3, -0.25) is 0 Å². The van der Waals surface area contributed by atoms with Gasteiger partial charge in [-0.15, -0.1) is 0 Å². The van der Waals surface area contributed by atoms with Crippen LogP contribution in [0.5, 0.6) is 0 Å². The molecule has 0 aliphatic heterocycles. The molecule has 1 aromatic rings. The third-order valence-corrected chi connectivity index (χ3v) is 2.83. The molecular formula is C13H25N3. The summed E-state index contributed by atoms with van der Waals surface area (Å²) >= 11 is 0. The first-order valence-corrected chi connectivity index (χ1v) is 6.03. The molecule has 3 heteroatoms. The Kier molecular flexibility index (Phi) is 4.14. The lowest BCUT2D eigenvalue weighted by atomic mass is 10.1. The number of nitrogens with zero attached hydrogens (tertiary/aromatic N) is 2. The van der Waals surface area contributed by atoms with Gasteiger partial charge in [0.25, 0.3) is 0 Å². The zero-order chi connectivity index (χ0) is 12.3. The van der Waals surface area contributed by atoms with Crippen molar-refractivity contribution in [3.05, 3.63) is 17.7 Å². The Labute approximate surface area is 99.3 Å². The smallest absolute Gasteiger partial charge is 0.0951 e. The van der Waals surface area contributed by atoms with Gasteiger partial charge >= 0.3 is 0 Å². The van der Waals surface area contributed by atoms with Gasteiger partial charge in [-0.25, -0.2) is 4.98 Å². The van der Waals surface area contributed by atoms with Crippen molar-refractivity contribution in [3.63, 3.8) is 0 Å². The van der Waals surface area contributed by atoms with E-state index in [1.807, 2.05) is 6.33 Å². The first kappa shape index (κ1) is 13.2. The summed E-state index contributed by atoms with van der Waals surface area (Å²) in [6, 6.07) is 0. The van der Waals surface area contributed by atoms with Gasteiger partial charge in [0.1, 0.15) is 0 Å². The van der Waals surface area contributed by atoms with Gasteiger partial charge in [0.05, 0.1) is 12.0 Å². The van der Waals surface area contributed by atoms with Gasteiger partial charge in [0, 0.05) is 17.8 Å². The minimum absolute atomic E-state index is 0.203. The Morgan fingerprint density at radius 2 is 2.00 bits per heavy atom. The standard InChI is InChI=1S/C13H25N3/c1-10(7-15-13(4,5)6)8-16-9-14-11(2)12(16)3/h9-10,15H,7-8H2,1-6H3. The van der Waals surface area contributed by atoms with E-state index in [0.29, 0.717) is 5.92 Å². The molecule has 0 saturated carbocycles. The molecule has 0 saturated heterocycles. The zero-order valence-electron chi connectivity index (χ0n) is 11.5. The molecule has 0 amide bonds. The van der Waals surface area contributed by atoms with Crippen molar-refractivity contribution >= 4 is 0 Å². The first-order chi connectivity index (χ1) is 7.29. The van der Waals surface area contributed by atoms with Crippen LogP contribution in [-0.4, -0.2) is 21.6 Å². The Morgan fingerprint density at radius 3 is 2.44 bits per heavy atom. The lowest BCUT2D eigenvalue weighted by molar-refractivity contribution is 0.359. The Bertz CT molecular complexity index is 333. The molecule has 1 aromatic heterocycles. The predicted molar refractivity (Wildman–Crippen MR) is 68.6 cm³/mol. The molecule has 1 atom stereocenters. The van der Waals surface area contributed by atoms with Gasteiger partial charge < -0.3 is 9.88 Å². The van der Waals surface area contributed by atoms with Gasteiger partial charge in [0.2, 0.25) is 0 Å². The summed E-state index contributed by atoms with van der Waals surface area (Å²) in [5, 5.41) is 3.53. The molecule has 0 aliphatic rings. The summed E-state index contributed by atoms with van der Waals surface area (Å²) in [6.07, 6.45) is 1.94. The molecule has 1 rings (SSSR count). The minimum Gasteiger partial charge on any atom is -0.334 e. The average Bonchev–Trinajstić information content (AvgIpc) is 2.46. The van der Waals surface area contributed by atoms with Crippen LogP contribution >= 0.6 is 0 Å². The Balaban J connectivity index is 2.46. The summed E-state index contributed by atoms with van der Waals surface area (Å²) in [7, 11) is 0. The number of rotatable bonds is 4. The van der Waals surface area contributed by atoms with Crippen LogP contribution in [0, 0.1) is 19.8 Å². The molecule has 3 nitrogen and oxygen atoms in total. The highest BCUT2D eigenvalue weighted by molar-refractivity contribution is 5.08. The molecule has 0 spiro atoms. The largest absolute Gasteiger partial charge is 0.334 e.